The summed E-state index contributed by atoms with van der Waals surface area (Å²) in [4.78, 5) is 0. The summed E-state index contributed by atoms with van der Waals surface area (Å²) in [5, 5.41) is 9.99. The zero-order valence-electron chi connectivity index (χ0n) is 8.19. The monoisotopic (exact) mass is 196 g/mol. The van der Waals surface area contributed by atoms with E-state index in [4.69, 9.17) is 9.47 Å². The Bertz CT molecular complexity index is 245. The van der Waals surface area contributed by atoms with Crippen LogP contribution in [0, 0.1) is 5.92 Å². The van der Waals surface area contributed by atoms with Crippen LogP contribution in [0.4, 0.5) is 0 Å². The maximum atomic E-state index is 9.99. The SMILES string of the molecule is OC(C1=COCCO1)C1CC=CCC1. The van der Waals surface area contributed by atoms with E-state index in [0.717, 1.165) is 19.3 Å². The topological polar surface area (TPSA) is 38.7 Å². The van der Waals surface area contributed by atoms with Gasteiger partial charge in [0, 0.05) is 0 Å². The molecule has 3 heteroatoms. The molecule has 0 radical (unpaired) electrons. The Morgan fingerprint density at radius 1 is 1.36 bits per heavy atom. The highest BCUT2D eigenvalue weighted by Gasteiger charge is 2.25. The molecule has 3 nitrogen and oxygen atoms in total. The molecule has 1 aliphatic carbocycles. The summed E-state index contributed by atoms with van der Waals surface area (Å²) in [7, 11) is 0. The first kappa shape index (κ1) is 9.59. The van der Waals surface area contributed by atoms with Crippen LogP contribution >= 0.6 is 0 Å². The number of rotatable bonds is 2. The van der Waals surface area contributed by atoms with Crippen molar-refractivity contribution in [3.8, 4) is 0 Å². The Hall–Kier alpha value is -0.960. The Morgan fingerprint density at radius 3 is 2.93 bits per heavy atom. The molecule has 1 N–H and O–H groups in total. The minimum Gasteiger partial charge on any atom is -0.494 e. The van der Waals surface area contributed by atoms with Gasteiger partial charge < -0.3 is 14.6 Å². The standard InChI is InChI=1S/C11H16O3/c12-11(9-4-2-1-3-5-9)10-8-13-6-7-14-10/h1-2,8-9,11-12H,3-7H2. The third-order valence-electron chi connectivity index (χ3n) is 2.72. The van der Waals surface area contributed by atoms with E-state index >= 15 is 0 Å². The van der Waals surface area contributed by atoms with Crippen LogP contribution < -0.4 is 0 Å². The van der Waals surface area contributed by atoms with Crippen LogP contribution in [0.3, 0.4) is 0 Å². The van der Waals surface area contributed by atoms with Crippen LogP contribution in [-0.4, -0.2) is 24.4 Å². The van der Waals surface area contributed by atoms with E-state index in [1.165, 1.54) is 0 Å². The minimum absolute atomic E-state index is 0.285. The van der Waals surface area contributed by atoms with E-state index in [1.54, 1.807) is 6.26 Å². The summed E-state index contributed by atoms with van der Waals surface area (Å²) in [6.45, 7) is 1.13. The highest BCUT2D eigenvalue weighted by molar-refractivity contribution is 5.04. The summed E-state index contributed by atoms with van der Waals surface area (Å²) >= 11 is 0. The molecule has 2 atom stereocenters. The predicted molar refractivity (Wildman–Crippen MR) is 52.5 cm³/mol. The van der Waals surface area contributed by atoms with Gasteiger partial charge in [0.15, 0.2) is 5.76 Å². The first-order chi connectivity index (χ1) is 6.88. The van der Waals surface area contributed by atoms with Crippen LogP contribution in [0.1, 0.15) is 19.3 Å². The van der Waals surface area contributed by atoms with E-state index in [2.05, 4.69) is 12.2 Å². The number of ether oxygens (including phenoxy) is 2. The molecule has 0 saturated carbocycles. The number of allylic oxidation sites excluding steroid dienone is 2. The molecule has 0 spiro atoms. The fourth-order valence-corrected chi connectivity index (χ4v) is 1.87. The van der Waals surface area contributed by atoms with Crippen molar-refractivity contribution in [2.24, 2.45) is 5.92 Å². The molecule has 78 valence electrons. The van der Waals surface area contributed by atoms with E-state index in [0.29, 0.717) is 19.0 Å². The second kappa shape index (κ2) is 4.51. The second-order valence-electron chi connectivity index (χ2n) is 3.73. The highest BCUT2D eigenvalue weighted by atomic mass is 16.6. The van der Waals surface area contributed by atoms with Gasteiger partial charge in [0.05, 0.1) is 0 Å². The molecule has 1 aliphatic heterocycles. The lowest BCUT2D eigenvalue weighted by Crippen LogP contribution is -2.27. The first-order valence-electron chi connectivity index (χ1n) is 5.15. The van der Waals surface area contributed by atoms with Gasteiger partial charge in [-0.15, -0.1) is 0 Å². The summed E-state index contributed by atoms with van der Waals surface area (Å²) < 4.78 is 10.5. The van der Waals surface area contributed by atoms with E-state index in [1.807, 2.05) is 0 Å². The van der Waals surface area contributed by atoms with Gasteiger partial charge in [-0.3, -0.25) is 0 Å². The van der Waals surface area contributed by atoms with Gasteiger partial charge in [0.1, 0.15) is 25.6 Å². The molecule has 0 aromatic heterocycles. The molecule has 1 heterocycles. The lowest BCUT2D eigenvalue weighted by atomic mass is 9.88. The molecule has 0 aromatic carbocycles. The van der Waals surface area contributed by atoms with Crippen LogP contribution in [-0.2, 0) is 9.47 Å². The maximum absolute atomic E-state index is 9.99. The van der Waals surface area contributed by atoms with Gasteiger partial charge in [-0.05, 0) is 25.2 Å². The first-order valence-corrected chi connectivity index (χ1v) is 5.15. The summed E-state index contributed by atoms with van der Waals surface area (Å²) in [6, 6.07) is 0. The Balaban J connectivity index is 1.95. The largest absolute Gasteiger partial charge is 0.494 e. The van der Waals surface area contributed by atoms with Crippen molar-refractivity contribution in [3.63, 3.8) is 0 Å². The van der Waals surface area contributed by atoms with Gasteiger partial charge in [0.2, 0.25) is 0 Å². The number of aliphatic hydroxyl groups is 1. The van der Waals surface area contributed by atoms with E-state index < -0.39 is 6.10 Å². The third kappa shape index (κ3) is 2.10. The van der Waals surface area contributed by atoms with Crippen molar-refractivity contribution >= 4 is 0 Å². The van der Waals surface area contributed by atoms with E-state index in [9.17, 15) is 5.11 Å². The van der Waals surface area contributed by atoms with Crippen molar-refractivity contribution in [2.45, 2.75) is 25.4 Å². The Labute approximate surface area is 84.0 Å². The zero-order chi connectivity index (χ0) is 9.80. The molecule has 2 aliphatic rings. The fourth-order valence-electron chi connectivity index (χ4n) is 1.87. The second-order valence-corrected chi connectivity index (χ2v) is 3.73. The van der Waals surface area contributed by atoms with E-state index in [-0.39, 0.29) is 5.92 Å². The molecule has 14 heavy (non-hydrogen) atoms. The average Bonchev–Trinajstić information content (AvgIpc) is 2.30. The third-order valence-corrected chi connectivity index (χ3v) is 2.72. The van der Waals surface area contributed by atoms with Crippen molar-refractivity contribution in [3.05, 3.63) is 24.2 Å². The van der Waals surface area contributed by atoms with Crippen molar-refractivity contribution in [1.82, 2.24) is 0 Å². The molecule has 2 unspecified atom stereocenters. The van der Waals surface area contributed by atoms with Crippen LogP contribution in [0.25, 0.3) is 0 Å². The normalized spacial score (nSPS) is 28.6. The number of hydrogen-bond acceptors (Lipinski definition) is 3. The van der Waals surface area contributed by atoms with Crippen molar-refractivity contribution < 1.29 is 14.6 Å². The van der Waals surface area contributed by atoms with Gasteiger partial charge in [-0.25, -0.2) is 0 Å². The van der Waals surface area contributed by atoms with Gasteiger partial charge >= 0.3 is 0 Å². The maximum Gasteiger partial charge on any atom is 0.159 e. The van der Waals surface area contributed by atoms with Crippen molar-refractivity contribution in [2.75, 3.05) is 13.2 Å². The van der Waals surface area contributed by atoms with Crippen LogP contribution in [0.5, 0.6) is 0 Å². The van der Waals surface area contributed by atoms with Crippen LogP contribution in [0.15, 0.2) is 24.2 Å². The fraction of sp³-hybridized carbons (Fsp3) is 0.636. The molecule has 0 amide bonds. The lowest BCUT2D eigenvalue weighted by molar-refractivity contribution is 0.0128. The molecular formula is C11H16O3. The Kier molecular flexibility index (Phi) is 3.09. The lowest BCUT2D eigenvalue weighted by Gasteiger charge is -2.27. The van der Waals surface area contributed by atoms with Gasteiger partial charge in [-0.2, -0.15) is 0 Å². The molecule has 0 fully saturated rings. The zero-order valence-corrected chi connectivity index (χ0v) is 8.19. The highest BCUT2D eigenvalue weighted by Crippen LogP contribution is 2.26. The molecule has 2 rings (SSSR count). The molecule has 0 saturated heterocycles. The molecule has 0 aromatic rings. The molecular weight excluding hydrogens is 180 g/mol. The average molecular weight is 196 g/mol. The Morgan fingerprint density at radius 2 is 2.29 bits per heavy atom. The minimum atomic E-state index is -0.500. The van der Waals surface area contributed by atoms with Gasteiger partial charge in [0.25, 0.3) is 0 Å². The van der Waals surface area contributed by atoms with Gasteiger partial charge in [-0.1, -0.05) is 12.2 Å². The van der Waals surface area contributed by atoms with Crippen molar-refractivity contribution in [1.29, 1.82) is 0 Å². The van der Waals surface area contributed by atoms with Crippen LogP contribution in [0.2, 0.25) is 0 Å². The summed E-state index contributed by atoms with van der Waals surface area (Å²) in [6.07, 6.45) is 8.35. The summed E-state index contributed by atoms with van der Waals surface area (Å²) in [5.41, 5.74) is 0. The number of aliphatic hydroxyl groups excluding tert-OH is 1. The smallest absolute Gasteiger partial charge is 0.159 e. The quantitative estimate of drug-likeness (QED) is 0.682. The summed E-state index contributed by atoms with van der Waals surface area (Å²) in [5.74, 6) is 0.879. The number of hydrogen-bond donors (Lipinski definition) is 1. The predicted octanol–water partition coefficient (Wildman–Crippen LogP) is 1.59. The molecule has 0 bridgehead atoms.